The third-order valence-corrected chi connectivity index (χ3v) is 4.64. The van der Waals surface area contributed by atoms with Crippen LogP contribution in [0.25, 0.3) is 0 Å². The second-order valence-corrected chi connectivity index (χ2v) is 5.89. The summed E-state index contributed by atoms with van der Waals surface area (Å²) in [4.78, 5) is 0. The van der Waals surface area contributed by atoms with Crippen LogP contribution in [-0.2, 0) is 0 Å². The Morgan fingerprint density at radius 2 is 1.76 bits per heavy atom. The van der Waals surface area contributed by atoms with Gasteiger partial charge in [-0.3, -0.25) is 0 Å². The van der Waals surface area contributed by atoms with E-state index in [4.69, 9.17) is 0 Å². The average Bonchev–Trinajstić information content (AvgIpc) is 2.62. The van der Waals surface area contributed by atoms with Gasteiger partial charge in [0.05, 0.1) is 0 Å². The fraction of sp³-hybridized carbons (Fsp3) is 0.600. The Kier molecular flexibility index (Phi) is 5.05. The molecule has 0 amide bonds. The Labute approximate surface area is 113 Å². The molecule has 0 radical (unpaired) electrons. The first-order valence-corrected chi connectivity index (χ1v) is 7.54. The summed E-state index contributed by atoms with van der Waals surface area (Å²) in [5, 5.41) is 3.53. The van der Waals surface area contributed by atoms with Crippen LogP contribution in [0.3, 0.4) is 0 Å². The number of nitrogens with one attached hydrogen (secondary N) is 1. The van der Waals surface area contributed by atoms with Crippen LogP contribution in [0.15, 0.2) is 28.7 Å². The lowest BCUT2D eigenvalue weighted by Crippen LogP contribution is -2.25. The van der Waals surface area contributed by atoms with Crippen LogP contribution in [0, 0.1) is 5.92 Å². The number of hydrogen-bond donors (Lipinski definition) is 1. The van der Waals surface area contributed by atoms with Crippen LogP contribution in [0.4, 0.5) is 0 Å². The number of rotatable bonds is 3. The highest BCUT2D eigenvalue weighted by Crippen LogP contribution is 2.35. The normalized spacial score (nSPS) is 19.9. The van der Waals surface area contributed by atoms with Crippen LogP contribution in [-0.4, -0.2) is 7.05 Å². The molecule has 1 aromatic carbocycles. The molecule has 1 N–H and O–H groups in total. The fourth-order valence-corrected chi connectivity index (χ4v) is 3.55. The van der Waals surface area contributed by atoms with Gasteiger partial charge < -0.3 is 5.32 Å². The van der Waals surface area contributed by atoms with Crippen molar-refractivity contribution >= 4 is 15.9 Å². The molecule has 94 valence electrons. The first-order valence-electron chi connectivity index (χ1n) is 6.74. The van der Waals surface area contributed by atoms with Crippen molar-refractivity contribution < 1.29 is 0 Å². The quantitative estimate of drug-likeness (QED) is 0.799. The summed E-state index contributed by atoms with van der Waals surface area (Å²) in [6, 6.07) is 9.13. The molecule has 17 heavy (non-hydrogen) atoms. The molecule has 0 aromatic heterocycles. The highest BCUT2D eigenvalue weighted by atomic mass is 79.9. The van der Waals surface area contributed by atoms with Crippen molar-refractivity contribution in [2.45, 2.75) is 44.6 Å². The van der Waals surface area contributed by atoms with Crippen molar-refractivity contribution in [1.82, 2.24) is 5.32 Å². The van der Waals surface area contributed by atoms with Crippen molar-refractivity contribution in [2.75, 3.05) is 7.05 Å². The molecule has 2 heteroatoms. The maximum atomic E-state index is 3.68. The largest absolute Gasteiger partial charge is 0.313 e. The van der Waals surface area contributed by atoms with E-state index in [-0.39, 0.29) is 0 Å². The molecule has 1 nitrogen and oxygen atoms in total. The third-order valence-electron chi connectivity index (χ3n) is 3.92. The summed E-state index contributed by atoms with van der Waals surface area (Å²) in [7, 11) is 2.09. The SMILES string of the molecule is CNC(c1ccccc1Br)C1CCCCCC1. The zero-order valence-electron chi connectivity index (χ0n) is 10.6. The van der Waals surface area contributed by atoms with Crippen molar-refractivity contribution in [3.8, 4) is 0 Å². The smallest absolute Gasteiger partial charge is 0.0357 e. The van der Waals surface area contributed by atoms with Gasteiger partial charge in [-0.25, -0.2) is 0 Å². The Morgan fingerprint density at radius 1 is 1.12 bits per heavy atom. The summed E-state index contributed by atoms with van der Waals surface area (Å²) < 4.78 is 1.24. The van der Waals surface area contributed by atoms with Crippen LogP contribution in [0.5, 0.6) is 0 Å². The molecule has 1 aliphatic rings. The Hall–Kier alpha value is -0.340. The van der Waals surface area contributed by atoms with Gasteiger partial charge in [0, 0.05) is 10.5 Å². The molecule has 0 heterocycles. The van der Waals surface area contributed by atoms with Gasteiger partial charge in [0.25, 0.3) is 0 Å². The average molecular weight is 296 g/mol. The van der Waals surface area contributed by atoms with Crippen molar-refractivity contribution in [2.24, 2.45) is 5.92 Å². The summed E-state index contributed by atoms with van der Waals surface area (Å²) in [5.74, 6) is 0.793. The molecule has 0 spiro atoms. The molecule has 2 rings (SSSR count). The van der Waals surface area contributed by atoms with Gasteiger partial charge in [0.15, 0.2) is 0 Å². The van der Waals surface area contributed by atoms with E-state index in [0.717, 1.165) is 5.92 Å². The highest BCUT2D eigenvalue weighted by molar-refractivity contribution is 9.10. The van der Waals surface area contributed by atoms with Crippen molar-refractivity contribution in [3.05, 3.63) is 34.3 Å². The molecular formula is C15H22BrN. The van der Waals surface area contributed by atoms with Crippen LogP contribution in [0.1, 0.15) is 50.1 Å². The Balaban J connectivity index is 2.17. The maximum absolute atomic E-state index is 3.68. The second kappa shape index (κ2) is 6.55. The summed E-state index contributed by atoms with van der Waals surface area (Å²) in [5.41, 5.74) is 1.42. The van der Waals surface area contributed by atoms with Crippen molar-refractivity contribution in [3.63, 3.8) is 0 Å². The maximum Gasteiger partial charge on any atom is 0.0357 e. The Bertz CT molecular complexity index is 343. The molecule has 1 unspecified atom stereocenters. The zero-order valence-corrected chi connectivity index (χ0v) is 12.2. The molecular weight excluding hydrogens is 274 g/mol. The topological polar surface area (TPSA) is 12.0 Å². The van der Waals surface area contributed by atoms with Crippen LogP contribution >= 0.6 is 15.9 Å². The first kappa shape index (κ1) is 13.1. The van der Waals surface area contributed by atoms with Crippen LogP contribution in [0.2, 0.25) is 0 Å². The minimum Gasteiger partial charge on any atom is -0.313 e. The summed E-state index contributed by atoms with van der Waals surface area (Å²) in [6.07, 6.45) is 8.37. The van der Waals surface area contributed by atoms with E-state index in [1.807, 2.05) is 0 Å². The van der Waals surface area contributed by atoms with E-state index in [2.05, 4.69) is 52.6 Å². The van der Waals surface area contributed by atoms with E-state index < -0.39 is 0 Å². The van der Waals surface area contributed by atoms with Gasteiger partial charge in [-0.15, -0.1) is 0 Å². The first-order chi connectivity index (χ1) is 8.33. The number of hydrogen-bond acceptors (Lipinski definition) is 1. The van der Waals surface area contributed by atoms with Gasteiger partial charge in [0.1, 0.15) is 0 Å². The standard InChI is InChI=1S/C15H22BrN/c1-17-15(12-8-4-2-3-5-9-12)13-10-6-7-11-14(13)16/h6-7,10-12,15,17H,2-5,8-9H2,1H3. The second-order valence-electron chi connectivity index (χ2n) is 5.04. The molecule has 1 aromatic rings. The molecule has 1 aliphatic carbocycles. The highest BCUT2D eigenvalue weighted by Gasteiger charge is 2.23. The van der Waals surface area contributed by atoms with Gasteiger partial charge in [0.2, 0.25) is 0 Å². The molecule has 1 saturated carbocycles. The van der Waals surface area contributed by atoms with E-state index >= 15 is 0 Å². The number of benzene rings is 1. The predicted octanol–water partition coefficient (Wildman–Crippen LogP) is 4.68. The summed E-state index contributed by atoms with van der Waals surface area (Å²) in [6.45, 7) is 0. The van der Waals surface area contributed by atoms with E-state index in [1.54, 1.807) is 0 Å². The lowest BCUT2D eigenvalue weighted by atomic mass is 9.87. The van der Waals surface area contributed by atoms with Gasteiger partial charge in [-0.2, -0.15) is 0 Å². The monoisotopic (exact) mass is 295 g/mol. The molecule has 1 fully saturated rings. The number of halogens is 1. The van der Waals surface area contributed by atoms with Crippen LogP contribution < -0.4 is 5.32 Å². The Morgan fingerprint density at radius 3 is 2.35 bits per heavy atom. The van der Waals surface area contributed by atoms with Gasteiger partial charge in [-0.05, 0) is 37.4 Å². The predicted molar refractivity (Wildman–Crippen MR) is 77.1 cm³/mol. The molecule has 0 bridgehead atoms. The lowest BCUT2D eigenvalue weighted by Gasteiger charge is -2.27. The molecule has 0 saturated heterocycles. The van der Waals surface area contributed by atoms with Gasteiger partial charge in [-0.1, -0.05) is 59.8 Å². The minimum atomic E-state index is 0.503. The van der Waals surface area contributed by atoms with E-state index in [0.29, 0.717) is 6.04 Å². The van der Waals surface area contributed by atoms with Gasteiger partial charge >= 0.3 is 0 Å². The third kappa shape index (κ3) is 3.32. The molecule has 1 atom stereocenters. The van der Waals surface area contributed by atoms with E-state index in [1.165, 1.54) is 48.6 Å². The fourth-order valence-electron chi connectivity index (χ4n) is 3.02. The lowest BCUT2D eigenvalue weighted by molar-refractivity contribution is 0.341. The molecule has 0 aliphatic heterocycles. The summed E-state index contributed by atoms with van der Waals surface area (Å²) >= 11 is 3.68. The van der Waals surface area contributed by atoms with Crippen molar-refractivity contribution in [1.29, 1.82) is 0 Å². The minimum absolute atomic E-state index is 0.503. The zero-order chi connectivity index (χ0) is 12.1. The van der Waals surface area contributed by atoms with E-state index in [9.17, 15) is 0 Å².